The van der Waals surface area contributed by atoms with Gasteiger partial charge in [-0.15, -0.1) is 0 Å². The first-order valence-corrected chi connectivity index (χ1v) is 17.1. The minimum absolute atomic E-state index is 0.193. The second kappa shape index (κ2) is 17.0. The van der Waals surface area contributed by atoms with Gasteiger partial charge in [-0.3, -0.25) is 4.79 Å². The number of carbonyl (C=O) groups excluding carboxylic acids is 1. The molecule has 0 heterocycles. The molecule has 0 bridgehead atoms. The summed E-state index contributed by atoms with van der Waals surface area (Å²) in [5.41, 5.74) is 7.93. The fourth-order valence-corrected chi connectivity index (χ4v) is 5.84. The lowest BCUT2D eigenvalue weighted by Gasteiger charge is -2.22. The fourth-order valence-electron chi connectivity index (χ4n) is 5.84. The predicted molar refractivity (Wildman–Crippen MR) is 204 cm³/mol. The van der Waals surface area contributed by atoms with Gasteiger partial charge in [0.05, 0.1) is 5.56 Å². The van der Waals surface area contributed by atoms with Crippen LogP contribution in [0.5, 0.6) is 23.0 Å². The van der Waals surface area contributed by atoms with Gasteiger partial charge < -0.3 is 18.9 Å². The van der Waals surface area contributed by atoms with Crippen LogP contribution in [-0.2, 0) is 26.4 Å². The Morgan fingerprint density at radius 2 is 0.922 bits per heavy atom. The van der Waals surface area contributed by atoms with E-state index in [1.807, 2.05) is 160 Å². The molecule has 0 fully saturated rings. The van der Waals surface area contributed by atoms with Crippen molar-refractivity contribution in [2.45, 2.75) is 47.2 Å². The Balaban J connectivity index is 1.32. The molecule has 0 unspecified atom stereocenters. The average molecular weight is 675 g/mol. The highest BCUT2D eigenvalue weighted by molar-refractivity contribution is 6.10. The predicted octanol–water partition coefficient (Wildman–Crippen LogP) is 10.8. The van der Waals surface area contributed by atoms with Crippen LogP contribution in [0.15, 0.2) is 146 Å². The monoisotopic (exact) mass is 674 g/mol. The first-order valence-electron chi connectivity index (χ1n) is 17.1. The Kier molecular flexibility index (Phi) is 11.6. The van der Waals surface area contributed by atoms with E-state index in [1.54, 1.807) is 12.2 Å². The molecule has 0 amide bonds. The third-order valence-corrected chi connectivity index (χ3v) is 8.77. The van der Waals surface area contributed by atoms with Crippen LogP contribution in [0, 0.1) is 20.8 Å². The molecule has 256 valence electrons. The summed E-state index contributed by atoms with van der Waals surface area (Å²) >= 11 is 0. The number of carbonyl (C=O) groups is 1. The molecule has 6 aromatic rings. The average Bonchev–Trinajstić information content (AvgIpc) is 3.18. The zero-order valence-corrected chi connectivity index (χ0v) is 29.3. The Labute approximate surface area is 300 Å². The number of hydrogen-bond acceptors (Lipinski definition) is 5. The van der Waals surface area contributed by atoms with Gasteiger partial charge in [-0.25, -0.2) is 0 Å². The van der Waals surface area contributed by atoms with Crippen molar-refractivity contribution >= 4 is 11.9 Å². The molecule has 5 nitrogen and oxygen atoms in total. The van der Waals surface area contributed by atoms with Crippen molar-refractivity contribution in [2.75, 3.05) is 0 Å². The maximum atomic E-state index is 14.3. The number of rotatable bonds is 15. The van der Waals surface area contributed by atoms with E-state index in [0.717, 1.165) is 44.5 Å². The lowest BCUT2D eigenvalue weighted by Crippen LogP contribution is -2.11. The topological polar surface area (TPSA) is 54.0 Å². The van der Waals surface area contributed by atoms with Gasteiger partial charge in [0.25, 0.3) is 0 Å². The van der Waals surface area contributed by atoms with Crippen LogP contribution in [0.4, 0.5) is 0 Å². The van der Waals surface area contributed by atoms with Crippen molar-refractivity contribution in [3.8, 4) is 23.0 Å². The highest BCUT2D eigenvalue weighted by atomic mass is 16.5. The summed E-state index contributed by atoms with van der Waals surface area (Å²) in [5, 5.41) is 0. The summed E-state index contributed by atoms with van der Waals surface area (Å²) in [6.45, 7) is 7.44. The molecule has 6 aromatic carbocycles. The molecule has 5 heteroatoms. The molecule has 0 N–H and O–H groups in total. The lowest BCUT2D eigenvalue weighted by atomic mass is 9.94. The van der Waals surface area contributed by atoms with E-state index < -0.39 is 0 Å². The van der Waals surface area contributed by atoms with Crippen LogP contribution in [0.2, 0.25) is 0 Å². The Hall–Kier alpha value is -6.07. The van der Waals surface area contributed by atoms with Crippen LogP contribution in [0.3, 0.4) is 0 Å². The van der Waals surface area contributed by atoms with E-state index in [9.17, 15) is 4.79 Å². The fraction of sp³-hybridized carbons (Fsp3) is 0.152. The molecule has 0 saturated heterocycles. The first kappa shape index (κ1) is 34.8. The number of hydrogen-bond donors (Lipinski definition) is 0. The van der Waals surface area contributed by atoms with E-state index in [-0.39, 0.29) is 5.78 Å². The maximum absolute atomic E-state index is 14.3. The second-order valence-electron chi connectivity index (χ2n) is 12.4. The summed E-state index contributed by atoms with van der Waals surface area (Å²) in [6.07, 6.45) is 3.38. The number of benzene rings is 6. The van der Waals surface area contributed by atoms with Crippen molar-refractivity contribution in [1.82, 2.24) is 0 Å². The van der Waals surface area contributed by atoms with Crippen molar-refractivity contribution in [3.05, 3.63) is 196 Å². The third-order valence-electron chi connectivity index (χ3n) is 8.77. The van der Waals surface area contributed by atoms with E-state index in [4.69, 9.17) is 18.9 Å². The first-order chi connectivity index (χ1) is 25.0. The van der Waals surface area contributed by atoms with Gasteiger partial charge in [-0.2, -0.15) is 0 Å². The lowest BCUT2D eigenvalue weighted by molar-refractivity contribution is 0.104. The summed E-state index contributed by atoms with van der Waals surface area (Å²) < 4.78 is 25.3. The van der Waals surface area contributed by atoms with Crippen LogP contribution in [0.1, 0.15) is 54.9 Å². The molecule has 0 aliphatic carbocycles. The van der Waals surface area contributed by atoms with Gasteiger partial charge in [-0.05, 0) is 78.4 Å². The van der Waals surface area contributed by atoms with Gasteiger partial charge in [-0.1, -0.05) is 121 Å². The molecule has 0 aliphatic rings. The molecule has 0 spiro atoms. The summed E-state index contributed by atoms with van der Waals surface area (Å²) in [6, 6.07) is 45.7. The van der Waals surface area contributed by atoms with Gasteiger partial charge >= 0.3 is 0 Å². The zero-order chi connectivity index (χ0) is 35.4. The largest absolute Gasteiger partial charge is 0.489 e. The van der Waals surface area contributed by atoms with E-state index in [1.165, 1.54) is 0 Å². The second-order valence-corrected chi connectivity index (χ2v) is 12.4. The number of ether oxygens (including phenoxy) is 4. The SMILES string of the molecule is Cc1c(C)c(OCc2ccccc2)c(C(=O)/C=C/c2ccc(OCc3ccccc3)cc2OCc2ccccc2)c(C)c1OCc1ccccc1. The Morgan fingerprint density at radius 3 is 1.43 bits per heavy atom. The summed E-state index contributed by atoms with van der Waals surface area (Å²) in [5.74, 6) is 2.33. The highest BCUT2D eigenvalue weighted by Gasteiger charge is 2.24. The van der Waals surface area contributed by atoms with Gasteiger partial charge in [0.2, 0.25) is 0 Å². The standard InChI is InChI=1S/C46H42O5/c1-33-34(2)46(51-32-39-22-14-7-15-23-39)44(35(3)45(33)50-31-38-20-12-6-13-21-38)42(47)27-25-40-24-26-41(48-29-36-16-8-4-9-17-36)28-43(40)49-30-37-18-10-5-11-19-37/h4-28H,29-32H2,1-3H3/b27-25+. The van der Waals surface area contributed by atoms with E-state index in [0.29, 0.717) is 55.0 Å². The zero-order valence-electron chi connectivity index (χ0n) is 29.3. The molecule has 0 saturated carbocycles. The van der Waals surface area contributed by atoms with E-state index in [2.05, 4.69) is 0 Å². The molecule has 0 radical (unpaired) electrons. The van der Waals surface area contributed by atoms with Crippen LogP contribution in [-0.4, -0.2) is 5.78 Å². The Bertz CT molecular complexity index is 2070. The summed E-state index contributed by atoms with van der Waals surface area (Å²) in [7, 11) is 0. The number of allylic oxidation sites excluding steroid dienone is 1. The Morgan fingerprint density at radius 1 is 0.490 bits per heavy atom. The highest BCUT2D eigenvalue weighted by Crippen LogP contribution is 2.39. The molecule has 51 heavy (non-hydrogen) atoms. The van der Waals surface area contributed by atoms with Crippen LogP contribution >= 0.6 is 0 Å². The minimum atomic E-state index is -0.193. The van der Waals surface area contributed by atoms with Crippen molar-refractivity contribution < 1.29 is 23.7 Å². The van der Waals surface area contributed by atoms with Crippen molar-refractivity contribution in [2.24, 2.45) is 0 Å². The molecule has 0 aliphatic heterocycles. The molecular formula is C46H42O5. The van der Waals surface area contributed by atoms with Crippen LogP contribution < -0.4 is 18.9 Å². The van der Waals surface area contributed by atoms with Crippen molar-refractivity contribution in [3.63, 3.8) is 0 Å². The quantitative estimate of drug-likeness (QED) is 0.0801. The number of ketones is 1. The van der Waals surface area contributed by atoms with Crippen LogP contribution in [0.25, 0.3) is 6.08 Å². The minimum Gasteiger partial charge on any atom is -0.489 e. The molecule has 0 aromatic heterocycles. The van der Waals surface area contributed by atoms with Gasteiger partial charge in [0, 0.05) is 17.2 Å². The summed E-state index contributed by atoms with van der Waals surface area (Å²) in [4.78, 5) is 14.3. The van der Waals surface area contributed by atoms with Gasteiger partial charge in [0.1, 0.15) is 49.4 Å². The molecule has 0 atom stereocenters. The maximum Gasteiger partial charge on any atom is 0.190 e. The molecule has 6 rings (SSSR count). The van der Waals surface area contributed by atoms with E-state index >= 15 is 0 Å². The third kappa shape index (κ3) is 9.14. The van der Waals surface area contributed by atoms with Crippen molar-refractivity contribution in [1.29, 1.82) is 0 Å². The molecular weight excluding hydrogens is 633 g/mol. The smallest absolute Gasteiger partial charge is 0.190 e. The van der Waals surface area contributed by atoms with Gasteiger partial charge in [0.15, 0.2) is 5.78 Å². The normalized spacial score (nSPS) is 11.0.